The van der Waals surface area contributed by atoms with Crippen molar-refractivity contribution in [1.82, 2.24) is 0 Å². The van der Waals surface area contributed by atoms with E-state index in [1.165, 1.54) is 70.6 Å². The number of hydrogen-bond acceptors (Lipinski definition) is 2. The molecule has 2 aliphatic carbocycles. The number of nitrogens with zero attached hydrogens (tertiary/aromatic N) is 2. The maximum Gasteiger partial charge on any atom is 0.0898 e. The number of rotatable bonds is 4. The van der Waals surface area contributed by atoms with Gasteiger partial charge in [-0.1, -0.05) is 46.0 Å². The monoisotopic (exact) mass is 262 g/mol. The summed E-state index contributed by atoms with van der Waals surface area (Å²) >= 11 is 0. The summed E-state index contributed by atoms with van der Waals surface area (Å²) < 4.78 is 0. The van der Waals surface area contributed by atoms with Gasteiger partial charge >= 0.3 is 0 Å². The Balaban J connectivity index is 2.00. The van der Waals surface area contributed by atoms with Crippen molar-refractivity contribution in [1.29, 1.82) is 0 Å². The molecule has 0 N–H and O–H groups in total. The third-order valence-corrected chi connectivity index (χ3v) is 5.55. The molecule has 2 heteroatoms. The third kappa shape index (κ3) is 3.69. The summed E-state index contributed by atoms with van der Waals surface area (Å²) in [7, 11) is 0. The second kappa shape index (κ2) is 7.24. The molecule has 0 bridgehead atoms. The average molecular weight is 262 g/mol. The highest BCUT2D eigenvalue weighted by atomic mass is 14.9. The lowest BCUT2D eigenvalue weighted by atomic mass is 9.67. The average Bonchev–Trinajstić information content (AvgIpc) is 2.49. The quantitative estimate of drug-likeness (QED) is 0.619. The minimum absolute atomic E-state index is 0.438. The normalized spacial score (nSPS) is 27.6. The standard InChI is InChI=1S/C17H30N2/c1-3-17(4-2)13-9-8-12-16(17)19-14-18-15-10-6-5-7-11-15/h15-16H,3-13H2,1-2H3. The first kappa shape index (κ1) is 14.8. The Hall–Kier alpha value is -0.620. The summed E-state index contributed by atoms with van der Waals surface area (Å²) in [6.45, 7) is 4.66. The molecule has 0 saturated heterocycles. The molecule has 0 aliphatic heterocycles. The van der Waals surface area contributed by atoms with Crippen LogP contribution in [0.5, 0.6) is 0 Å². The molecule has 2 rings (SSSR count). The molecule has 1 unspecified atom stereocenters. The van der Waals surface area contributed by atoms with Crippen LogP contribution in [0.3, 0.4) is 0 Å². The van der Waals surface area contributed by atoms with Gasteiger partial charge in [-0.15, -0.1) is 0 Å². The van der Waals surface area contributed by atoms with E-state index < -0.39 is 0 Å². The molecule has 0 amide bonds. The highest BCUT2D eigenvalue weighted by molar-refractivity contribution is 5.42. The smallest absolute Gasteiger partial charge is 0.0898 e. The Morgan fingerprint density at radius 1 is 0.895 bits per heavy atom. The fourth-order valence-corrected chi connectivity index (χ4v) is 3.96. The summed E-state index contributed by atoms with van der Waals surface area (Å²) in [5, 5.41) is 0. The maximum absolute atomic E-state index is 4.76. The van der Waals surface area contributed by atoms with Gasteiger partial charge in [-0.25, -0.2) is 9.98 Å². The SMILES string of the molecule is CCC1(CC)CCCCC1N=C=NC1CCCCC1. The van der Waals surface area contributed by atoms with Crippen molar-refractivity contribution >= 4 is 6.01 Å². The highest BCUT2D eigenvalue weighted by Crippen LogP contribution is 2.43. The van der Waals surface area contributed by atoms with Crippen molar-refractivity contribution in [2.75, 3.05) is 0 Å². The molecule has 1 atom stereocenters. The fraction of sp³-hybridized carbons (Fsp3) is 0.941. The molecular formula is C17H30N2. The number of aliphatic imine (C=N–C) groups is 2. The van der Waals surface area contributed by atoms with Gasteiger partial charge in [0.1, 0.15) is 0 Å². The Morgan fingerprint density at radius 2 is 1.58 bits per heavy atom. The van der Waals surface area contributed by atoms with Crippen LogP contribution in [-0.2, 0) is 0 Å². The van der Waals surface area contributed by atoms with Crippen molar-refractivity contribution in [3.05, 3.63) is 0 Å². The third-order valence-electron chi connectivity index (χ3n) is 5.55. The summed E-state index contributed by atoms with van der Waals surface area (Å²) in [6, 6.07) is 4.09. The molecular weight excluding hydrogens is 232 g/mol. The van der Waals surface area contributed by atoms with Crippen molar-refractivity contribution in [3.63, 3.8) is 0 Å². The molecule has 2 nitrogen and oxygen atoms in total. The van der Waals surface area contributed by atoms with Crippen LogP contribution < -0.4 is 0 Å². The van der Waals surface area contributed by atoms with E-state index in [0.29, 0.717) is 17.5 Å². The zero-order valence-electron chi connectivity index (χ0n) is 12.8. The van der Waals surface area contributed by atoms with Crippen LogP contribution in [0, 0.1) is 5.41 Å². The van der Waals surface area contributed by atoms with Crippen molar-refractivity contribution < 1.29 is 0 Å². The molecule has 19 heavy (non-hydrogen) atoms. The minimum atomic E-state index is 0.438. The first-order chi connectivity index (χ1) is 9.30. The second-order valence-electron chi connectivity index (χ2n) is 6.48. The maximum atomic E-state index is 4.76. The zero-order valence-corrected chi connectivity index (χ0v) is 12.8. The molecule has 0 aromatic rings. The van der Waals surface area contributed by atoms with Crippen molar-refractivity contribution in [3.8, 4) is 0 Å². The van der Waals surface area contributed by atoms with Crippen LogP contribution in [0.2, 0.25) is 0 Å². The van der Waals surface area contributed by atoms with Crippen LogP contribution in [0.15, 0.2) is 9.98 Å². The van der Waals surface area contributed by atoms with Gasteiger partial charge in [0.2, 0.25) is 0 Å². The van der Waals surface area contributed by atoms with Gasteiger partial charge < -0.3 is 0 Å². The summed E-state index contributed by atoms with van der Waals surface area (Å²) in [5.74, 6) is 0. The molecule has 0 heterocycles. The van der Waals surface area contributed by atoms with Gasteiger partial charge in [-0.2, -0.15) is 0 Å². The Kier molecular flexibility index (Phi) is 5.63. The van der Waals surface area contributed by atoms with E-state index >= 15 is 0 Å². The molecule has 108 valence electrons. The lowest BCUT2D eigenvalue weighted by molar-refractivity contribution is 0.140. The molecule has 2 saturated carbocycles. The van der Waals surface area contributed by atoms with Gasteiger partial charge in [-0.05, 0) is 43.9 Å². The van der Waals surface area contributed by atoms with Gasteiger partial charge in [0.25, 0.3) is 0 Å². The molecule has 2 fully saturated rings. The van der Waals surface area contributed by atoms with Gasteiger partial charge in [0.05, 0.1) is 18.1 Å². The summed E-state index contributed by atoms with van der Waals surface area (Å²) in [5.41, 5.74) is 0.438. The molecule has 0 spiro atoms. The van der Waals surface area contributed by atoms with E-state index in [9.17, 15) is 0 Å². The Morgan fingerprint density at radius 3 is 2.26 bits per heavy atom. The van der Waals surface area contributed by atoms with Crippen molar-refractivity contribution in [2.24, 2.45) is 15.4 Å². The van der Waals surface area contributed by atoms with E-state index in [4.69, 9.17) is 4.99 Å². The van der Waals surface area contributed by atoms with Gasteiger partial charge in [0, 0.05) is 0 Å². The first-order valence-electron chi connectivity index (χ1n) is 8.45. The topological polar surface area (TPSA) is 24.7 Å². The van der Waals surface area contributed by atoms with Crippen LogP contribution in [0.1, 0.15) is 84.5 Å². The Bertz CT molecular complexity index is 318. The summed E-state index contributed by atoms with van der Waals surface area (Å²) in [4.78, 5) is 9.35. The summed E-state index contributed by atoms with van der Waals surface area (Å²) in [6.07, 6.45) is 14.4. The second-order valence-corrected chi connectivity index (χ2v) is 6.48. The molecule has 0 aromatic heterocycles. The van der Waals surface area contributed by atoms with E-state index in [-0.39, 0.29) is 0 Å². The van der Waals surface area contributed by atoms with Crippen molar-refractivity contribution in [2.45, 2.75) is 96.6 Å². The fourth-order valence-electron chi connectivity index (χ4n) is 3.96. The van der Waals surface area contributed by atoms with E-state index in [0.717, 1.165) is 0 Å². The van der Waals surface area contributed by atoms with Crippen LogP contribution >= 0.6 is 0 Å². The van der Waals surface area contributed by atoms with Crippen LogP contribution in [-0.4, -0.2) is 18.1 Å². The van der Waals surface area contributed by atoms with Crippen LogP contribution in [0.25, 0.3) is 0 Å². The zero-order chi connectivity index (χ0) is 13.6. The predicted molar refractivity (Wildman–Crippen MR) is 82.0 cm³/mol. The molecule has 0 aromatic carbocycles. The van der Waals surface area contributed by atoms with E-state index in [1.54, 1.807) is 0 Å². The van der Waals surface area contributed by atoms with Gasteiger partial charge in [0.15, 0.2) is 0 Å². The first-order valence-corrected chi connectivity index (χ1v) is 8.45. The Labute approximate surface area is 118 Å². The predicted octanol–water partition coefficient (Wildman–Crippen LogP) is 5.24. The van der Waals surface area contributed by atoms with Gasteiger partial charge in [-0.3, -0.25) is 0 Å². The molecule has 0 radical (unpaired) electrons. The lowest BCUT2D eigenvalue weighted by Crippen LogP contribution is -2.35. The van der Waals surface area contributed by atoms with E-state index in [2.05, 4.69) is 24.8 Å². The van der Waals surface area contributed by atoms with Crippen LogP contribution in [0.4, 0.5) is 0 Å². The highest BCUT2D eigenvalue weighted by Gasteiger charge is 2.37. The minimum Gasteiger partial charge on any atom is -0.222 e. The largest absolute Gasteiger partial charge is 0.222 e. The lowest BCUT2D eigenvalue weighted by Gasteiger charge is -2.40. The van der Waals surface area contributed by atoms with E-state index in [1.807, 2.05) is 0 Å². The molecule has 2 aliphatic rings. The number of hydrogen-bond donors (Lipinski definition) is 0.